The first kappa shape index (κ1) is 15.2. The predicted molar refractivity (Wildman–Crippen MR) is 90.7 cm³/mol. The molecule has 1 fully saturated rings. The number of aromatic nitrogens is 1. The van der Waals surface area contributed by atoms with E-state index in [1.54, 1.807) is 0 Å². The van der Waals surface area contributed by atoms with Crippen molar-refractivity contribution in [1.82, 2.24) is 15.2 Å². The molecule has 118 valence electrons. The van der Waals surface area contributed by atoms with Crippen LogP contribution in [0, 0.1) is 5.92 Å². The summed E-state index contributed by atoms with van der Waals surface area (Å²) < 4.78 is 0. The number of hydrogen-bond acceptors (Lipinski definition) is 4. The summed E-state index contributed by atoms with van der Waals surface area (Å²) in [5, 5.41) is 3.59. The number of aliphatic imine (C=N–C) groups is 1. The number of nitrogens with one attached hydrogen (secondary N) is 1. The third kappa shape index (κ3) is 3.95. The molecular weight excluding hydrogens is 272 g/mol. The summed E-state index contributed by atoms with van der Waals surface area (Å²) in [6, 6.07) is 4.02. The minimum Gasteiger partial charge on any atom is -0.347 e. The van der Waals surface area contributed by atoms with Gasteiger partial charge in [-0.3, -0.25) is 10.3 Å². The first-order chi connectivity index (χ1) is 10.8. The maximum absolute atomic E-state index is 4.83. The lowest BCUT2D eigenvalue weighted by Crippen LogP contribution is -2.42. The highest BCUT2D eigenvalue weighted by Gasteiger charge is 2.17. The van der Waals surface area contributed by atoms with Crippen LogP contribution in [0.25, 0.3) is 0 Å². The van der Waals surface area contributed by atoms with Crippen LogP contribution >= 0.6 is 0 Å². The monoisotopic (exact) mass is 298 g/mol. The topological polar surface area (TPSA) is 40.5 Å². The Morgan fingerprint density at radius 3 is 2.73 bits per heavy atom. The van der Waals surface area contributed by atoms with Crippen LogP contribution in [0.3, 0.4) is 0 Å². The standard InChI is InChI=1S/C18H26N4/c1-22-14-10-17(16-8-11-19-12-9-16)21-18(22)20-13-7-15-5-3-2-4-6-15/h8-12,14-15,18,20H,2-7,13H2,1H3. The van der Waals surface area contributed by atoms with E-state index in [1.807, 2.05) is 24.5 Å². The van der Waals surface area contributed by atoms with Gasteiger partial charge in [0, 0.05) is 31.2 Å². The van der Waals surface area contributed by atoms with Gasteiger partial charge in [0.05, 0.1) is 5.71 Å². The summed E-state index contributed by atoms with van der Waals surface area (Å²) in [7, 11) is 2.07. The summed E-state index contributed by atoms with van der Waals surface area (Å²) in [5.74, 6) is 0.911. The third-order valence-electron chi connectivity index (χ3n) is 4.70. The normalized spacial score (nSPS) is 22.7. The van der Waals surface area contributed by atoms with E-state index < -0.39 is 0 Å². The predicted octanol–water partition coefficient (Wildman–Crippen LogP) is 3.17. The Bertz CT molecular complexity index is 517. The minimum absolute atomic E-state index is 0.0387. The van der Waals surface area contributed by atoms with Crippen molar-refractivity contribution in [3.05, 3.63) is 42.4 Å². The second kappa shape index (κ2) is 7.54. The molecule has 2 heterocycles. The molecule has 1 atom stereocenters. The molecule has 3 rings (SSSR count). The Morgan fingerprint density at radius 1 is 1.18 bits per heavy atom. The summed E-state index contributed by atoms with van der Waals surface area (Å²) >= 11 is 0. The number of nitrogens with zero attached hydrogens (tertiary/aromatic N) is 3. The lowest BCUT2D eigenvalue weighted by atomic mass is 9.87. The fraction of sp³-hybridized carbons (Fsp3) is 0.556. The first-order valence-corrected chi connectivity index (χ1v) is 8.44. The molecule has 1 N–H and O–H groups in total. The molecule has 0 spiro atoms. The van der Waals surface area contributed by atoms with Gasteiger partial charge in [0.2, 0.25) is 0 Å². The van der Waals surface area contributed by atoms with Gasteiger partial charge in [-0.2, -0.15) is 0 Å². The third-order valence-corrected chi connectivity index (χ3v) is 4.70. The Kier molecular flexibility index (Phi) is 5.22. The minimum atomic E-state index is 0.0387. The zero-order chi connectivity index (χ0) is 15.2. The SMILES string of the molecule is CN1C=CC(c2ccncc2)=NC1NCCC1CCCCC1. The molecule has 0 saturated heterocycles. The molecule has 22 heavy (non-hydrogen) atoms. The summed E-state index contributed by atoms with van der Waals surface area (Å²) in [5.41, 5.74) is 2.15. The average Bonchev–Trinajstić information content (AvgIpc) is 2.58. The Balaban J connectivity index is 1.55. The number of pyridine rings is 1. The molecule has 1 aromatic rings. The molecule has 2 aliphatic rings. The van der Waals surface area contributed by atoms with Gasteiger partial charge in [0.15, 0.2) is 6.29 Å². The smallest absolute Gasteiger partial charge is 0.176 e. The van der Waals surface area contributed by atoms with Crippen molar-refractivity contribution in [2.75, 3.05) is 13.6 Å². The van der Waals surface area contributed by atoms with Crippen LogP contribution in [0.4, 0.5) is 0 Å². The Morgan fingerprint density at radius 2 is 1.95 bits per heavy atom. The largest absolute Gasteiger partial charge is 0.347 e. The van der Waals surface area contributed by atoms with E-state index in [9.17, 15) is 0 Å². The van der Waals surface area contributed by atoms with E-state index in [0.29, 0.717) is 0 Å². The number of hydrogen-bond donors (Lipinski definition) is 1. The van der Waals surface area contributed by atoms with Crippen molar-refractivity contribution in [2.45, 2.75) is 44.8 Å². The van der Waals surface area contributed by atoms with Gasteiger partial charge in [-0.25, -0.2) is 4.99 Å². The summed E-state index contributed by atoms with van der Waals surface area (Å²) in [6.07, 6.45) is 16.2. The van der Waals surface area contributed by atoms with Gasteiger partial charge in [-0.05, 0) is 37.1 Å². The molecule has 1 saturated carbocycles. The second-order valence-electron chi connectivity index (χ2n) is 6.35. The van der Waals surface area contributed by atoms with Gasteiger partial charge < -0.3 is 4.90 Å². The van der Waals surface area contributed by atoms with Crippen molar-refractivity contribution in [1.29, 1.82) is 0 Å². The van der Waals surface area contributed by atoms with Crippen molar-refractivity contribution < 1.29 is 0 Å². The van der Waals surface area contributed by atoms with Gasteiger partial charge in [-0.15, -0.1) is 0 Å². The first-order valence-electron chi connectivity index (χ1n) is 8.44. The highest BCUT2D eigenvalue weighted by Crippen LogP contribution is 2.25. The lowest BCUT2D eigenvalue weighted by molar-refractivity contribution is 0.263. The van der Waals surface area contributed by atoms with E-state index in [1.165, 1.54) is 38.5 Å². The van der Waals surface area contributed by atoms with Crippen molar-refractivity contribution in [3.8, 4) is 0 Å². The van der Waals surface area contributed by atoms with E-state index in [4.69, 9.17) is 4.99 Å². The van der Waals surface area contributed by atoms with Crippen LogP contribution in [0.2, 0.25) is 0 Å². The molecule has 0 radical (unpaired) electrons. The van der Waals surface area contributed by atoms with Crippen LogP contribution in [0.15, 0.2) is 41.8 Å². The van der Waals surface area contributed by atoms with Gasteiger partial charge in [0.25, 0.3) is 0 Å². The molecule has 4 heteroatoms. The Labute approximate surface area is 133 Å². The van der Waals surface area contributed by atoms with E-state index in [0.717, 1.165) is 23.7 Å². The van der Waals surface area contributed by atoms with Crippen LogP contribution < -0.4 is 5.32 Å². The average molecular weight is 298 g/mol. The van der Waals surface area contributed by atoms with Gasteiger partial charge in [-0.1, -0.05) is 32.1 Å². The quantitative estimate of drug-likeness (QED) is 0.907. The number of allylic oxidation sites excluding steroid dienone is 1. The highest BCUT2D eigenvalue weighted by atomic mass is 15.3. The van der Waals surface area contributed by atoms with Gasteiger partial charge in [0.1, 0.15) is 0 Å². The van der Waals surface area contributed by atoms with Crippen LogP contribution in [-0.4, -0.2) is 35.5 Å². The lowest BCUT2D eigenvalue weighted by Gasteiger charge is -2.29. The molecule has 1 aliphatic heterocycles. The van der Waals surface area contributed by atoms with Crippen molar-refractivity contribution >= 4 is 5.71 Å². The summed E-state index contributed by atoms with van der Waals surface area (Å²) in [4.78, 5) is 11.0. The molecule has 1 aliphatic carbocycles. The fourth-order valence-electron chi connectivity index (χ4n) is 3.31. The van der Waals surface area contributed by atoms with E-state index in [2.05, 4.69) is 34.5 Å². The van der Waals surface area contributed by atoms with Crippen molar-refractivity contribution in [3.63, 3.8) is 0 Å². The van der Waals surface area contributed by atoms with E-state index in [-0.39, 0.29) is 6.29 Å². The van der Waals surface area contributed by atoms with Gasteiger partial charge >= 0.3 is 0 Å². The van der Waals surface area contributed by atoms with Crippen molar-refractivity contribution in [2.24, 2.45) is 10.9 Å². The number of rotatable bonds is 5. The zero-order valence-electron chi connectivity index (χ0n) is 13.4. The summed E-state index contributed by atoms with van der Waals surface area (Å²) in [6.45, 7) is 1.04. The molecule has 1 unspecified atom stereocenters. The van der Waals surface area contributed by atoms with Crippen LogP contribution in [-0.2, 0) is 0 Å². The molecule has 0 aromatic carbocycles. The molecule has 0 amide bonds. The molecule has 1 aromatic heterocycles. The molecule has 4 nitrogen and oxygen atoms in total. The molecule has 0 bridgehead atoms. The molecular formula is C18H26N4. The maximum atomic E-state index is 4.83. The fourth-order valence-corrected chi connectivity index (χ4v) is 3.31. The second-order valence-corrected chi connectivity index (χ2v) is 6.35. The van der Waals surface area contributed by atoms with Crippen LogP contribution in [0.5, 0.6) is 0 Å². The highest BCUT2D eigenvalue weighted by molar-refractivity contribution is 6.08. The zero-order valence-corrected chi connectivity index (χ0v) is 13.4. The maximum Gasteiger partial charge on any atom is 0.176 e. The van der Waals surface area contributed by atoms with Crippen LogP contribution in [0.1, 0.15) is 44.1 Å². The Hall–Kier alpha value is -1.68. The van der Waals surface area contributed by atoms with E-state index >= 15 is 0 Å².